The van der Waals surface area contributed by atoms with Crippen molar-refractivity contribution in [3.8, 4) is 0 Å². The van der Waals surface area contributed by atoms with Gasteiger partial charge in [-0.2, -0.15) is 0 Å². The van der Waals surface area contributed by atoms with Gasteiger partial charge in [0.15, 0.2) is 6.10 Å². The second kappa shape index (κ2) is 65.4. The van der Waals surface area contributed by atoms with Crippen LogP contribution in [0, 0.1) is 0 Å². The average molecular weight is 1080 g/mol. The van der Waals surface area contributed by atoms with E-state index in [4.69, 9.17) is 14.2 Å². The average Bonchev–Trinajstić information content (AvgIpc) is 3.43. The smallest absolute Gasteiger partial charge is 0.306 e. The lowest BCUT2D eigenvalue weighted by molar-refractivity contribution is -0.167. The van der Waals surface area contributed by atoms with Crippen LogP contribution < -0.4 is 0 Å². The van der Waals surface area contributed by atoms with E-state index in [0.717, 1.165) is 96.3 Å². The van der Waals surface area contributed by atoms with E-state index < -0.39 is 6.10 Å². The Labute approximate surface area is 478 Å². The first-order valence-electron chi connectivity index (χ1n) is 33.4. The van der Waals surface area contributed by atoms with Crippen molar-refractivity contribution < 1.29 is 28.6 Å². The molecule has 0 aliphatic heterocycles. The van der Waals surface area contributed by atoms with E-state index in [1.807, 2.05) is 0 Å². The highest BCUT2D eigenvalue weighted by Crippen LogP contribution is 2.17. The number of esters is 3. The predicted octanol–water partition coefficient (Wildman–Crippen LogP) is 22.9. The SMILES string of the molecule is CC/C=C\C/C=C\C/C=C\C/C=C\C/C=C\CCCCCC(=O)OC[C@H](COC(=O)CCCCCCCCCCC/C=C\CCCCCCCC)OC(=O)CCCCCCCCCCCCCCCCCCCCCCC. The third-order valence-electron chi connectivity index (χ3n) is 14.7. The van der Waals surface area contributed by atoms with E-state index in [0.29, 0.717) is 19.3 Å². The molecular weight excluding hydrogens is 949 g/mol. The van der Waals surface area contributed by atoms with Crippen LogP contribution in [-0.2, 0) is 28.6 Å². The molecular formula is C71H126O6. The lowest BCUT2D eigenvalue weighted by Gasteiger charge is -2.18. The van der Waals surface area contributed by atoms with Crippen molar-refractivity contribution in [1.82, 2.24) is 0 Å². The summed E-state index contributed by atoms with van der Waals surface area (Å²) in [6.45, 7) is 6.55. The quantitative estimate of drug-likeness (QED) is 0.0261. The minimum absolute atomic E-state index is 0.0840. The summed E-state index contributed by atoms with van der Waals surface area (Å²) in [5.74, 6) is -0.899. The largest absolute Gasteiger partial charge is 0.462 e. The van der Waals surface area contributed by atoms with Gasteiger partial charge in [0.1, 0.15) is 13.2 Å². The highest BCUT2D eigenvalue weighted by Gasteiger charge is 2.19. The van der Waals surface area contributed by atoms with Crippen molar-refractivity contribution in [3.05, 3.63) is 72.9 Å². The Morgan fingerprint density at radius 1 is 0.273 bits per heavy atom. The van der Waals surface area contributed by atoms with Gasteiger partial charge in [-0.15, -0.1) is 0 Å². The number of hydrogen-bond acceptors (Lipinski definition) is 6. The summed E-state index contributed by atoms with van der Waals surface area (Å²) >= 11 is 0. The first kappa shape index (κ1) is 73.8. The predicted molar refractivity (Wildman–Crippen MR) is 335 cm³/mol. The van der Waals surface area contributed by atoms with Crippen LogP contribution in [0.5, 0.6) is 0 Å². The second-order valence-corrected chi connectivity index (χ2v) is 22.4. The summed E-state index contributed by atoms with van der Waals surface area (Å²) in [5, 5.41) is 0. The third-order valence-corrected chi connectivity index (χ3v) is 14.7. The molecule has 77 heavy (non-hydrogen) atoms. The molecule has 0 aromatic carbocycles. The molecule has 0 heterocycles. The normalized spacial score (nSPS) is 12.5. The first-order valence-corrected chi connectivity index (χ1v) is 33.4. The number of rotatable bonds is 61. The van der Waals surface area contributed by atoms with Crippen LogP contribution in [0.15, 0.2) is 72.9 Å². The van der Waals surface area contributed by atoms with Crippen LogP contribution in [0.25, 0.3) is 0 Å². The van der Waals surface area contributed by atoms with Gasteiger partial charge in [0.05, 0.1) is 0 Å². The zero-order valence-electron chi connectivity index (χ0n) is 51.2. The van der Waals surface area contributed by atoms with Gasteiger partial charge >= 0.3 is 17.9 Å². The third kappa shape index (κ3) is 63.6. The van der Waals surface area contributed by atoms with Crippen molar-refractivity contribution in [2.75, 3.05) is 13.2 Å². The van der Waals surface area contributed by atoms with Crippen molar-refractivity contribution in [3.63, 3.8) is 0 Å². The summed E-state index contributed by atoms with van der Waals surface area (Å²) in [5.41, 5.74) is 0. The Bertz CT molecular complexity index is 1420. The molecule has 0 rings (SSSR count). The number of hydrogen-bond donors (Lipinski definition) is 0. The number of ether oxygens (including phenoxy) is 3. The highest BCUT2D eigenvalue weighted by molar-refractivity contribution is 5.71. The molecule has 0 aromatic rings. The fourth-order valence-corrected chi connectivity index (χ4v) is 9.70. The van der Waals surface area contributed by atoms with Crippen LogP contribution in [0.1, 0.15) is 342 Å². The fourth-order valence-electron chi connectivity index (χ4n) is 9.70. The minimum atomic E-state index is -0.790. The molecule has 0 aliphatic rings. The Balaban J connectivity index is 4.40. The van der Waals surface area contributed by atoms with E-state index in [-0.39, 0.29) is 31.1 Å². The molecule has 0 spiro atoms. The van der Waals surface area contributed by atoms with Gasteiger partial charge in [-0.05, 0) is 89.9 Å². The number of allylic oxidation sites excluding steroid dienone is 12. The van der Waals surface area contributed by atoms with Gasteiger partial charge in [0, 0.05) is 19.3 Å². The molecule has 0 unspecified atom stereocenters. The van der Waals surface area contributed by atoms with Gasteiger partial charge in [-0.1, -0.05) is 306 Å². The first-order chi connectivity index (χ1) is 38.0. The fraction of sp³-hybridized carbons (Fsp3) is 0.789. The van der Waals surface area contributed by atoms with E-state index >= 15 is 0 Å². The molecule has 0 saturated carbocycles. The zero-order valence-corrected chi connectivity index (χ0v) is 51.2. The zero-order chi connectivity index (χ0) is 55.7. The van der Waals surface area contributed by atoms with Crippen molar-refractivity contribution in [1.29, 1.82) is 0 Å². The molecule has 6 nitrogen and oxygen atoms in total. The van der Waals surface area contributed by atoms with Gasteiger partial charge in [0.2, 0.25) is 0 Å². The van der Waals surface area contributed by atoms with Gasteiger partial charge in [0.25, 0.3) is 0 Å². The molecule has 1 atom stereocenters. The van der Waals surface area contributed by atoms with Crippen molar-refractivity contribution in [2.45, 2.75) is 348 Å². The van der Waals surface area contributed by atoms with E-state index in [9.17, 15) is 14.4 Å². The van der Waals surface area contributed by atoms with Crippen LogP contribution in [0.3, 0.4) is 0 Å². The van der Waals surface area contributed by atoms with Crippen LogP contribution in [0.2, 0.25) is 0 Å². The van der Waals surface area contributed by atoms with E-state index in [2.05, 4.69) is 93.7 Å². The van der Waals surface area contributed by atoms with E-state index in [1.165, 1.54) is 205 Å². The Morgan fingerprint density at radius 3 is 0.818 bits per heavy atom. The van der Waals surface area contributed by atoms with E-state index in [1.54, 1.807) is 0 Å². The van der Waals surface area contributed by atoms with Crippen LogP contribution in [-0.4, -0.2) is 37.2 Å². The topological polar surface area (TPSA) is 78.9 Å². The highest BCUT2D eigenvalue weighted by atomic mass is 16.6. The molecule has 0 aromatic heterocycles. The lowest BCUT2D eigenvalue weighted by Crippen LogP contribution is -2.30. The maximum atomic E-state index is 12.9. The maximum absolute atomic E-state index is 12.9. The van der Waals surface area contributed by atoms with Gasteiger partial charge < -0.3 is 14.2 Å². The van der Waals surface area contributed by atoms with Gasteiger partial charge in [-0.25, -0.2) is 0 Å². The van der Waals surface area contributed by atoms with Crippen molar-refractivity contribution in [2.24, 2.45) is 0 Å². The standard InChI is InChI=1S/C71H126O6/c1-4-7-10-13-16-19-22-25-28-31-34-35-38-41-44-47-50-53-56-59-62-65-71(74)77-68(66-75-69(72)63-60-57-54-51-48-45-42-39-36-32-29-26-23-20-17-14-11-8-5-2)67-76-70(73)64-61-58-55-52-49-46-43-40-37-33-30-27-24-21-18-15-12-9-6-3/h8,11,17,20,26-27,29-30,36,39,45,48,68H,4-7,9-10,12-16,18-19,21-25,28,31-35,37-38,40-44,46-47,49-67H2,1-3H3/b11-8-,20-17-,29-26-,30-27-,39-36-,48-45-/t68-/m1/s1. The summed E-state index contributed by atoms with van der Waals surface area (Å²) in [4.78, 5) is 38.4. The molecule has 0 aliphatic carbocycles. The molecule has 0 amide bonds. The molecule has 0 bridgehead atoms. The summed E-state index contributed by atoms with van der Waals surface area (Å²) in [6, 6.07) is 0. The molecule has 446 valence electrons. The molecule has 0 saturated heterocycles. The van der Waals surface area contributed by atoms with Gasteiger partial charge in [-0.3, -0.25) is 14.4 Å². The Kier molecular flexibility index (Phi) is 62.7. The second-order valence-electron chi connectivity index (χ2n) is 22.4. The van der Waals surface area contributed by atoms with Crippen molar-refractivity contribution >= 4 is 17.9 Å². The lowest BCUT2D eigenvalue weighted by atomic mass is 10.0. The van der Waals surface area contributed by atoms with Crippen LogP contribution in [0.4, 0.5) is 0 Å². The Hall–Kier alpha value is -3.15. The molecule has 0 N–H and O–H groups in total. The minimum Gasteiger partial charge on any atom is -0.462 e. The monoisotopic (exact) mass is 1070 g/mol. The summed E-state index contributed by atoms with van der Waals surface area (Å²) in [7, 11) is 0. The number of carbonyl (C=O) groups excluding carboxylic acids is 3. The molecule has 0 fully saturated rings. The number of carbonyl (C=O) groups is 3. The Morgan fingerprint density at radius 2 is 0.506 bits per heavy atom. The summed E-state index contributed by atoms with van der Waals surface area (Å²) < 4.78 is 17.0. The number of unbranched alkanes of at least 4 members (excludes halogenated alkanes) is 38. The molecule has 0 radical (unpaired) electrons. The molecule has 6 heteroatoms. The van der Waals surface area contributed by atoms with Crippen LogP contribution >= 0.6 is 0 Å². The maximum Gasteiger partial charge on any atom is 0.306 e. The summed E-state index contributed by atoms with van der Waals surface area (Å²) in [6.07, 6.45) is 84.8.